The van der Waals surface area contributed by atoms with E-state index in [0.717, 1.165) is 25.6 Å². The number of rotatable bonds is 7. The van der Waals surface area contributed by atoms with Gasteiger partial charge in [0.15, 0.2) is 5.96 Å². The van der Waals surface area contributed by atoms with Crippen molar-refractivity contribution in [2.45, 2.75) is 33.2 Å². The third-order valence-corrected chi connectivity index (χ3v) is 4.46. The van der Waals surface area contributed by atoms with E-state index in [9.17, 15) is 0 Å². The van der Waals surface area contributed by atoms with Crippen molar-refractivity contribution in [2.75, 3.05) is 32.7 Å². The van der Waals surface area contributed by atoms with Crippen LogP contribution in [0.25, 0.3) is 0 Å². The molecule has 2 rings (SSSR count). The molecule has 0 spiro atoms. The Balaban J connectivity index is 0.00000242. The predicted octanol–water partition coefficient (Wildman–Crippen LogP) is 3.15. The normalized spacial score (nSPS) is 17.1. The molecule has 1 aromatic heterocycles. The van der Waals surface area contributed by atoms with E-state index in [-0.39, 0.29) is 24.0 Å². The lowest BCUT2D eigenvalue weighted by Gasteiger charge is -2.21. The molecular formula is C16H29IN4S. The van der Waals surface area contributed by atoms with Crippen molar-refractivity contribution in [3.05, 3.63) is 22.4 Å². The second-order valence-corrected chi connectivity index (χ2v) is 6.60. The monoisotopic (exact) mass is 436 g/mol. The van der Waals surface area contributed by atoms with Crippen molar-refractivity contribution < 1.29 is 0 Å². The van der Waals surface area contributed by atoms with E-state index in [1.807, 2.05) is 0 Å². The fourth-order valence-electron chi connectivity index (χ4n) is 2.64. The predicted molar refractivity (Wildman–Crippen MR) is 107 cm³/mol. The Morgan fingerprint density at radius 3 is 2.77 bits per heavy atom. The molecule has 4 nitrogen and oxygen atoms in total. The Morgan fingerprint density at radius 2 is 2.14 bits per heavy atom. The lowest BCUT2D eigenvalue weighted by molar-refractivity contribution is 0.287. The zero-order valence-corrected chi connectivity index (χ0v) is 16.8. The molecule has 0 bridgehead atoms. The highest BCUT2D eigenvalue weighted by molar-refractivity contribution is 14.0. The summed E-state index contributed by atoms with van der Waals surface area (Å²) in [6, 6.07) is 2.13. The first-order chi connectivity index (χ1) is 10.3. The molecule has 1 aromatic rings. The van der Waals surface area contributed by atoms with E-state index in [1.54, 1.807) is 11.3 Å². The van der Waals surface area contributed by atoms with Crippen molar-refractivity contribution in [3.63, 3.8) is 0 Å². The molecule has 126 valence electrons. The van der Waals surface area contributed by atoms with Crippen LogP contribution in [-0.4, -0.2) is 43.6 Å². The summed E-state index contributed by atoms with van der Waals surface area (Å²) in [6.07, 6.45) is 2.73. The van der Waals surface area contributed by atoms with Crippen LogP contribution in [0.3, 0.4) is 0 Å². The number of guanidine groups is 1. The third kappa shape index (κ3) is 7.28. The highest BCUT2D eigenvalue weighted by Crippen LogP contribution is 2.10. The standard InChI is InChI=1S/C16H28N4S.HI/c1-3-17-16(19-11-15-6-9-21-13-15)18-10-14(2)12-20-7-4-5-8-20;/h6,9,13-14H,3-5,7-8,10-12H2,1-2H3,(H2,17,18,19);1H. The summed E-state index contributed by atoms with van der Waals surface area (Å²) in [4.78, 5) is 7.22. The summed E-state index contributed by atoms with van der Waals surface area (Å²) in [5.74, 6) is 1.57. The van der Waals surface area contributed by atoms with E-state index in [1.165, 1.54) is 38.0 Å². The maximum absolute atomic E-state index is 4.65. The minimum Gasteiger partial charge on any atom is -0.357 e. The van der Waals surface area contributed by atoms with Crippen LogP contribution in [0, 0.1) is 5.92 Å². The Kier molecular flexibility index (Phi) is 10.1. The van der Waals surface area contributed by atoms with Gasteiger partial charge in [0.05, 0.1) is 6.54 Å². The summed E-state index contributed by atoms with van der Waals surface area (Å²) in [7, 11) is 0. The van der Waals surface area contributed by atoms with Crippen LogP contribution < -0.4 is 10.6 Å². The molecule has 0 aromatic carbocycles. The van der Waals surface area contributed by atoms with Gasteiger partial charge in [0.1, 0.15) is 0 Å². The van der Waals surface area contributed by atoms with Crippen molar-refractivity contribution in [3.8, 4) is 0 Å². The van der Waals surface area contributed by atoms with Crippen LogP contribution in [0.15, 0.2) is 21.8 Å². The van der Waals surface area contributed by atoms with Gasteiger partial charge in [0, 0.05) is 19.6 Å². The SMILES string of the molecule is CCNC(=NCc1ccsc1)NCC(C)CN1CCCC1.I. The van der Waals surface area contributed by atoms with Crippen LogP contribution in [-0.2, 0) is 6.54 Å². The largest absolute Gasteiger partial charge is 0.357 e. The van der Waals surface area contributed by atoms with E-state index in [4.69, 9.17) is 0 Å². The van der Waals surface area contributed by atoms with E-state index >= 15 is 0 Å². The van der Waals surface area contributed by atoms with Gasteiger partial charge in [-0.15, -0.1) is 24.0 Å². The molecule has 1 aliphatic heterocycles. The molecule has 0 radical (unpaired) electrons. The number of nitrogens with zero attached hydrogens (tertiary/aromatic N) is 2. The number of aliphatic imine (C=N–C) groups is 1. The van der Waals surface area contributed by atoms with Crippen molar-refractivity contribution in [1.82, 2.24) is 15.5 Å². The molecule has 1 fully saturated rings. The second kappa shape index (κ2) is 11.2. The first kappa shape index (κ1) is 19.7. The molecule has 2 heterocycles. The molecule has 1 saturated heterocycles. The zero-order valence-electron chi connectivity index (χ0n) is 13.7. The van der Waals surface area contributed by atoms with Crippen LogP contribution in [0.2, 0.25) is 0 Å². The van der Waals surface area contributed by atoms with Crippen LogP contribution >= 0.6 is 35.3 Å². The molecule has 0 aliphatic carbocycles. The number of likely N-dealkylation sites (tertiary alicyclic amines) is 1. The Bertz CT molecular complexity index is 416. The molecule has 2 N–H and O–H groups in total. The minimum atomic E-state index is 0. The second-order valence-electron chi connectivity index (χ2n) is 5.82. The molecule has 1 aliphatic rings. The fraction of sp³-hybridized carbons (Fsp3) is 0.688. The molecule has 0 amide bonds. The Hall–Kier alpha value is -0.340. The zero-order chi connectivity index (χ0) is 14.9. The van der Waals surface area contributed by atoms with Gasteiger partial charge >= 0.3 is 0 Å². The van der Waals surface area contributed by atoms with Gasteiger partial charge in [0.2, 0.25) is 0 Å². The average molecular weight is 436 g/mol. The average Bonchev–Trinajstić information content (AvgIpc) is 3.15. The number of nitrogens with one attached hydrogen (secondary N) is 2. The summed E-state index contributed by atoms with van der Waals surface area (Å²) in [5, 5.41) is 11.1. The van der Waals surface area contributed by atoms with Gasteiger partial charge < -0.3 is 15.5 Å². The van der Waals surface area contributed by atoms with E-state index in [0.29, 0.717) is 5.92 Å². The van der Waals surface area contributed by atoms with Gasteiger partial charge in [-0.1, -0.05) is 6.92 Å². The Morgan fingerprint density at radius 1 is 1.36 bits per heavy atom. The minimum absolute atomic E-state index is 0. The molecule has 6 heteroatoms. The molecule has 0 saturated carbocycles. The molecule has 1 unspecified atom stereocenters. The number of halogens is 1. The maximum Gasteiger partial charge on any atom is 0.191 e. The fourth-order valence-corrected chi connectivity index (χ4v) is 3.30. The molecule has 22 heavy (non-hydrogen) atoms. The summed E-state index contributed by atoms with van der Waals surface area (Å²) < 4.78 is 0. The molecular weight excluding hydrogens is 407 g/mol. The number of thiophene rings is 1. The topological polar surface area (TPSA) is 39.7 Å². The number of hydrogen-bond donors (Lipinski definition) is 2. The smallest absolute Gasteiger partial charge is 0.191 e. The summed E-state index contributed by atoms with van der Waals surface area (Å²) in [6.45, 7) is 10.8. The van der Waals surface area contributed by atoms with Crippen LogP contribution in [0.1, 0.15) is 32.3 Å². The van der Waals surface area contributed by atoms with E-state index in [2.05, 4.69) is 51.2 Å². The highest BCUT2D eigenvalue weighted by atomic mass is 127. The van der Waals surface area contributed by atoms with Gasteiger partial charge in [-0.3, -0.25) is 0 Å². The van der Waals surface area contributed by atoms with E-state index < -0.39 is 0 Å². The summed E-state index contributed by atoms with van der Waals surface area (Å²) >= 11 is 1.72. The first-order valence-corrected chi connectivity index (χ1v) is 8.98. The first-order valence-electron chi connectivity index (χ1n) is 8.03. The Labute approximate surface area is 155 Å². The van der Waals surface area contributed by atoms with Gasteiger partial charge in [-0.05, 0) is 61.2 Å². The molecule has 1 atom stereocenters. The van der Waals surface area contributed by atoms with Crippen LogP contribution in [0.4, 0.5) is 0 Å². The van der Waals surface area contributed by atoms with Gasteiger partial charge in [-0.25, -0.2) is 4.99 Å². The highest BCUT2D eigenvalue weighted by Gasteiger charge is 2.14. The van der Waals surface area contributed by atoms with Crippen molar-refractivity contribution in [2.24, 2.45) is 10.9 Å². The maximum atomic E-state index is 4.65. The van der Waals surface area contributed by atoms with Gasteiger partial charge in [0.25, 0.3) is 0 Å². The quantitative estimate of drug-likeness (QED) is 0.392. The van der Waals surface area contributed by atoms with Gasteiger partial charge in [-0.2, -0.15) is 11.3 Å². The summed E-state index contributed by atoms with van der Waals surface area (Å²) in [5.41, 5.74) is 1.28. The number of hydrogen-bond acceptors (Lipinski definition) is 3. The van der Waals surface area contributed by atoms with Crippen molar-refractivity contribution in [1.29, 1.82) is 0 Å². The van der Waals surface area contributed by atoms with Crippen LogP contribution in [0.5, 0.6) is 0 Å². The third-order valence-electron chi connectivity index (χ3n) is 3.73. The lowest BCUT2D eigenvalue weighted by Crippen LogP contribution is -2.41. The van der Waals surface area contributed by atoms with Crippen molar-refractivity contribution >= 4 is 41.3 Å². The lowest BCUT2D eigenvalue weighted by atomic mass is 10.1.